The van der Waals surface area contributed by atoms with Crippen molar-refractivity contribution in [1.82, 2.24) is 24.8 Å². The fourth-order valence-corrected chi connectivity index (χ4v) is 3.80. The van der Waals surface area contributed by atoms with Crippen molar-refractivity contribution < 1.29 is 9.90 Å². The molecule has 0 unspecified atom stereocenters. The number of piperidine rings is 1. The molecule has 0 aliphatic carbocycles. The first kappa shape index (κ1) is 16.9. The van der Waals surface area contributed by atoms with Gasteiger partial charge in [0.15, 0.2) is 0 Å². The summed E-state index contributed by atoms with van der Waals surface area (Å²) in [6.07, 6.45) is 6.44. The maximum absolute atomic E-state index is 12.4. The molecule has 0 saturated carbocycles. The summed E-state index contributed by atoms with van der Waals surface area (Å²) in [7, 11) is 1.87. The molecule has 2 aromatic heterocycles. The highest BCUT2D eigenvalue weighted by molar-refractivity contribution is 7.11. The summed E-state index contributed by atoms with van der Waals surface area (Å²) in [6.45, 7) is 3.70. The average molecular weight is 349 g/mol. The fraction of sp³-hybridized carbons (Fsp3) is 0.562. The topological polar surface area (TPSA) is 83.3 Å². The fourth-order valence-electron chi connectivity index (χ4n) is 3.07. The first-order chi connectivity index (χ1) is 11.5. The normalized spacial score (nSPS) is 19.3. The Hall–Kier alpha value is -1.93. The van der Waals surface area contributed by atoms with Crippen molar-refractivity contribution in [2.75, 3.05) is 13.1 Å². The standard InChI is InChI=1S/C16H23N5O2S/c1-11-8-18-13(24-11)9-19-16(23)21-6-3-4-12(10-21)14(22)15-17-5-7-20(15)2/h5,7-8,12,14,22H,3-4,6,9-10H2,1-2H3,(H,19,23)/t12-,14-/m0/s1. The number of hydrogen-bond donors (Lipinski definition) is 2. The van der Waals surface area contributed by atoms with E-state index in [2.05, 4.69) is 15.3 Å². The molecule has 7 nitrogen and oxygen atoms in total. The van der Waals surface area contributed by atoms with Crippen LogP contribution >= 0.6 is 11.3 Å². The van der Waals surface area contributed by atoms with E-state index >= 15 is 0 Å². The van der Waals surface area contributed by atoms with E-state index in [1.807, 2.05) is 30.9 Å². The van der Waals surface area contributed by atoms with Crippen molar-refractivity contribution in [2.45, 2.75) is 32.4 Å². The molecule has 1 saturated heterocycles. The summed E-state index contributed by atoms with van der Waals surface area (Å²) in [4.78, 5) is 23.8. The molecule has 2 atom stereocenters. The second-order valence-electron chi connectivity index (χ2n) is 6.21. The van der Waals surface area contributed by atoms with E-state index in [4.69, 9.17) is 0 Å². The van der Waals surface area contributed by atoms with Crippen LogP contribution in [-0.2, 0) is 13.6 Å². The molecule has 3 rings (SSSR count). The van der Waals surface area contributed by atoms with Crippen LogP contribution in [0.4, 0.5) is 4.79 Å². The Morgan fingerprint density at radius 1 is 1.54 bits per heavy atom. The first-order valence-corrected chi connectivity index (χ1v) is 8.95. The number of nitrogens with one attached hydrogen (secondary N) is 1. The van der Waals surface area contributed by atoms with Crippen molar-refractivity contribution in [3.63, 3.8) is 0 Å². The number of nitrogens with zero attached hydrogens (tertiary/aromatic N) is 4. The second kappa shape index (κ2) is 7.31. The van der Waals surface area contributed by atoms with E-state index in [-0.39, 0.29) is 11.9 Å². The number of hydrogen-bond acceptors (Lipinski definition) is 5. The summed E-state index contributed by atoms with van der Waals surface area (Å²) >= 11 is 1.59. The zero-order valence-corrected chi connectivity index (χ0v) is 14.8. The number of rotatable bonds is 4. The summed E-state index contributed by atoms with van der Waals surface area (Å²) in [5.74, 6) is 0.660. The molecule has 0 radical (unpaired) electrons. The molecule has 130 valence electrons. The number of likely N-dealkylation sites (tertiary alicyclic amines) is 1. The van der Waals surface area contributed by atoms with Crippen LogP contribution in [0.5, 0.6) is 0 Å². The highest BCUT2D eigenvalue weighted by Gasteiger charge is 2.31. The number of thiazole rings is 1. The van der Waals surface area contributed by atoms with Gasteiger partial charge in [0, 0.05) is 49.5 Å². The van der Waals surface area contributed by atoms with Crippen LogP contribution in [0.15, 0.2) is 18.6 Å². The lowest BCUT2D eigenvalue weighted by Gasteiger charge is -2.34. The van der Waals surface area contributed by atoms with Gasteiger partial charge in [0.1, 0.15) is 16.9 Å². The van der Waals surface area contributed by atoms with Gasteiger partial charge in [0.05, 0.1) is 6.54 Å². The molecule has 1 fully saturated rings. The Labute approximate surface area is 145 Å². The van der Waals surface area contributed by atoms with Gasteiger partial charge in [0.25, 0.3) is 0 Å². The average Bonchev–Trinajstić information content (AvgIpc) is 3.20. The van der Waals surface area contributed by atoms with Gasteiger partial charge in [-0.3, -0.25) is 0 Å². The third kappa shape index (κ3) is 3.76. The number of carbonyl (C=O) groups is 1. The predicted octanol–water partition coefficient (Wildman–Crippen LogP) is 1.84. The molecule has 24 heavy (non-hydrogen) atoms. The Morgan fingerprint density at radius 3 is 3.04 bits per heavy atom. The van der Waals surface area contributed by atoms with Crippen LogP contribution in [0.1, 0.15) is 34.7 Å². The Morgan fingerprint density at radius 2 is 2.38 bits per heavy atom. The maximum atomic E-state index is 12.4. The van der Waals surface area contributed by atoms with Crippen LogP contribution in [0.3, 0.4) is 0 Å². The van der Waals surface area contributed by atoms with Crippen LogP contribution in [-0.4, -0.2) is 43.7 Å². The lowest BCUT2D eigenvalue weighted by molar-refractivity contribution is 0.0532. The van der Waals surface area contributed by atoms with Gasteiger partial charge in [-0.05, 0) is 19.8 Å². The minimum Gasteiger partial charge on any atom is -0.385 e. The third-order valence-electron chi connectivity index (χ3n) is 4.37. The van der Waals surface area contributed by atoms with Gasteiger partial charge in [0.2, 0.25) is 0 Å². The predicted molar refractivity (Wildman–Crippen MR) is 91.6 cm³/mol. The number of amides is 2. The smallest absolute Gasteiger partial charge is 0.317 e. The molecule has 8 heteroatoms. The van der Waals surface area contributed by atoms with E-state index in [0.717, 1.165) is 22.7 Å². The largest absolute Gasteiger partial charge is 0.385 e. The number of urea groups is 1. The van der Waals surface area contributed by atoms with E-state index in [1.54, 1.807) is 22.4 Å². The number of aliphatic hydroxyl groups is 1. The zero-order valence-electron chi connectivity index (χ0n) is 14.0. The maximum Gasteiger partial charge on any atom is 0.317 e. The minimum absolute atomic E-state index is 0.00714. The number of aryl methyl sites for hydroxylation is 2. The van der Waals surface area contributed by atoms with Crippen LogP contribution in [0.2, 0.25) is 0 Å². The van der Waals surface area contributed by atoms with Gasteiger partial charge < -0.3 is 19.9 Å². The molecule has 2 aromatic rings. The second-order valence-corrected chi connectivity index (χ2v) is 7.53. The van der Waals surface area contributed by atoms with Gasteiger partial charge in [-0.1, -0.05) is 0 Å². The molecule has 1 aliphatic heterocycles. The third-order valence-corrected chi connectivity index (χ3v) is 5.29. The van der Waals surface area contributed by atoms with Gasteiger partial charge in [-0.2, -0.15) is 0 Å². The summed E-state index contributed by atoms with van der Waals surface area (Å²) < 4.78 is 1.83. The molecule has 0 aromatic carbocycles. The number of imidazole rings is 1. The SMILES string of the molecule is Cc1cnc(CNC(=O)N2CCC[C@H]([C@H](O)c3nccn3C)C2)s1. The summed E-state index contributed by atoms with van der Waals surface area (Å²) in [6, 6.07) is -0.0976. The number of aromatic nitrogens is 3. The first-order valence-electron chi connectivity index (χ1n) is 8.14. The minimum atomic E-state index is -0.651. The van der Waals surface area contributed by atoms with Crippen molar-refractivity contribution in [1.29, 1.82) is 0 Å². The van der Waals surface area contributed by atoms with E-state index in [9.17, 15) is 9.90 Å². The van der Waals surface area contributed by atoms with Gasteiger partial charge >= 0.3 is 6.03 Å². The lowest BCUT2D eigenvalue weighted by Crippen LogP contribution is -2.46. The monoisotopic (exact) mass is 349 g/mol. The summed E-state index contributed by atoms with van der Waals surface area (Å²) in [5.41, 5.74) is 0. The summed E-state index contributed by atoms with van der Waals surface area (Å²) in [5, 5.41) is 14.4. The molecule has 1 aliphatic rings. The van der Waals surface area contributed by atoms with Gasteiger partial charge in [-0.25, -0.2) is 14.8 Å². The van der Waals surface area contributed by atoms with E-state index < -0.39 is 6.10 Å². The molecular weight excluding hydrogens is 326 g/mol. The Kier molecular flexibility index (Phi) is 5.15. The van der Waals surface area contributed by atoms with Crippen LogP contribution in [0, 0.1) is 12.8 Å². The van der Waals surface area contributed by atoms with Crippen molar-refractivity contribution in [3.05, 3.63) is 34.3 Å². The van der Waals surface area contributed by atoms with E-state index in [1.165, 1.54) is 0 Å². The molecule has 0 bridgehead atoms. The molecule has 3 heterocycles. The molecular formula is C16H23N5O2S. The van der Waals surface area contributed by atoms with Crippen LogP contribution in [0.25, 0.3) is 0 Å². The Balaban J connectivity index is 1.56. The van der Waals surface area contributed by atoms with Crippen molar-refractivity contribution in [3.8, 4) is 0 Å². The van der Waals surface area contributed by atoms with Crippen molar-refractivity contribution in [2.24, 2.45) is 13.0 Å². The van der Waals surface area contributed by atoms with E-state index in [0.29, 0.717) is 25.5 Å². The molecule has 2 N–H and O–H groups in total. The zero-order chi connectivity index (χ0) is 17.1. The van der Waals surface area contributed by atoms with Crippen LogP contribution < -0.4 is 5.32 Å². The molecule has 2 amide bonds. The highest BCUT2D eigenvalue weighted by atomic mass is 32.1. The quantitative estimate of drug-likeness (QED) is 0.882. The number of carbonyl (C=O) groups excluding carboxylic acids is 1. The molecule has 0 spiro atoms. The van der Waals surface area contributed by atoms with Crippen molar-refractivity contribution >= 4 is 17.4 Å². The number of aliphatic hydroxyl groups excluding tert-OH is 1. The highest BCUT2D eigenvalue weighted by Crippen LogP contribution is 2.28. The Bertz CT molecular complexity index is 698. The lowest BCUT2D eigenvalue weighted by atomic mass is 9.92. The van der Waals surface area contributed by atoms with Gasteiger partial charge in [-0.15, -0.1) is 11.3 Å².